The van der Waals surface area contributed by atoms with Gasteiger partial charge in [0.2, 0.25) is 35.4 Å². The Morgan fingerprint density at radius 1 is 1.01 bits per heavy atom. The predicted molar refractivity (Wildman–Crippen MR) is 301 cm³/mol. The third kappa shape index (κ3) is 12.8. The van der Waals surface area contributed by atoms with Gasteiger partial charge in [-0.05, 0) is 82.1 Å². The smallest absolute Gasteiger partial charge is 0.410 e. The van der Waals surface area contributed by atoms with Crippen LogP contribution in [0.4, 0.5) is 16.3 Å². The third-order valence-electron chi connectivity index (χ3n) is 16.4. The van der Waals surface area contributed by atoms with Crippen molar-refractivity contribution in [3.8, 4) is 0 Å². The standard InChI is InChI=1S/C56H79IN10O11/c1-10-13-17-35(12-3)37-27-38-43(62-37)47(59-29-58-38)65-51-45(70)44(69)42(33(8)78-51)64-49(72)39-18-15-25-66(39)54(76)77-28-34-19-21-36(22-20-34)61-48(71)32(7)60-50(73)41(30(4)5)63-40(68)23-26-67-52(74)46-55(9,57)56(46,53(67)75)24-14-16-31(6)11-2/h12,19-22,27,29-33,35,39,41-42,44-46,51,62,69-70H,3,10-11,13-18,23-26,28H2,1-2,4-9H3,(H,60,73)(H,61,71)(H,63,68)(H,64,72)(H,58,59,65)/t31?,32-,33-,35?,39+,41-,42-,44+,45-,46?,51-,55?,56?/m0/s1. The number of aromatic amines is 1. The van der Waals surface area contributed by atoms with E-state index in [0.717, 1.165) is 44.2 Å². The van der Waals surface area contributed by atoms with Crippen molar-refractivity contribution in [2.45, 2.75) is 184 Å². The number of aromatic nitrogens is 3. The van der Waals surface area contributed by atoms with Crippen LogP contribution in [0.15, 0.2) is 49.3 Å². The number of anilines is 2. The van der Waals surface area contributed by atoms with E-state index >= 15 is 0 Å². The van der Waals surface area contributed by atoms with Crippen LogP contribution in [0.5, 0.6) is 0 Å². The number of carbonyl (C=O) groups is 7. The third-order valence-corrected chi connectivity index (χ3v) is 17.9. The van der Waals surface area contributed by atoms with Gasteiger partial charge in [-0.15, -0.1) is 6.58 Å². The summed E-state index contributed by atoms with van der Waals surface area (Å²) in [5.41, 5.74) is 2.46. The molecule has 0 radical (unpaired) electrons. The minimum atomic E-state index is -1.48. The van der Waals surface area contributed by atoms with E-state index < -0.39 is 93.2 Å². The first-order valence-corrected chi connectivity index (χ1v) is 28.7. The highest BCUT2D eigenvalue weighted by Gasteiger charge is 2.84. The number of carbonyl (C=O) groups excluding carboxylic acids is 7. The minimum Gasteiger partial charge on any atom is -0.445 e. The van der Waals surface area contributed by atoms with Crippen LogP contribution in [-0.4, -0.2) is 142 Å². The molecule has 3 saturated heterocycles. The van der Waals surface area contributed by atoms with Crippen LogP contribution in [-0.2, 0) is 44.8 Å². The number of imide groups is 1. The molecule has 7 amide bonds. The van der Waals surface area contributed by atoms with Crippen molar-refractivity contribution in [1.29, 1.82) is 0 Å². The number of nitrogens with one attached hydrogen (secondary N) is 6. The Hall–Kier alpha value is -5.72. The Morgan fingerprint density at radius 2 is 1.74 bits per heavy atom. The molecule has 78 heavy (non-hydrogen) atoms. The number of halogens is 1. The summed E-state index contributed by atoms with van der Waals surface area (Å²) in [6.45, 7) is 19.1. The summed E-state index contributed by atoms with van der Waals surface area (Å²) in [4.78, 5) is 109. The number of ether oxygens (including phenoxy) is 2. The molecule has 426 valence electrons. The maximum absolute atomic E-state index is 13.7. The maximum atomic E-state index is 13.7. The molecule has 5 heterocycles. The number of unbranched alkanes of at least 4 members (excludes halogenated alkanes) is 1. The number of benzene rings is 1. The van der Waals surface area contributed by atoms with Gasteiger partial charge in [-0.1, -0.05) is 108 Å². The number of nitrogens with zero attached hydrogens (tertiary/aromatic N) is 4. The van der Waals surface area contributed by atoms with Crippen molar-refractivity contribution in [3.05, 3.63) is 60.6 Å². The molecule has 22 heteroatoms. The number of alkyl halides is 1. The van der Waals surface area contributed by atoms with E-state index in [4.69, 9.17) is 9.47 Å². The maximum Gasteiger partial charge on any atom is 0.410 e. The van der Waals surface area contributed by atoms with Crippen LogP contribution in [0.2, 0.25) is 0 Å². The molecule has 4 fully saturated rings. The fraction of sp³-hybridized carbons (Fsp3) is 0.625. The summed E-state index contributed by atoms with van der Waals surface area (Å²) in [7, 11) is 0. The van der Waals surface area contributed by atoms with E-state index in [1.807, 2.05) is 19.1 Å². The fourth-order valence-corrected chi connectivity index (χ4v) is 12.7. The Kier molecular flexibility index (Phi) is 19.7. The van der Waals surface area contributed by atoms with Gasteiger partial charge in [0.05, 0.1) is 29.0 Å². The molecule has 0 bridgehead atoms. The van der Waals surface area contributed by atoms with Gasteiger partial charge in [-0.2, -0.15) is 0 Å². The average Bonchev–Trinajstić information content (AvgIpc) is 2.58. The number of likely N-dealkylation sites (tertiary alicyclic amines) is 2. The number of fused-ring (bicyclic) bond motifs is 2. The van der Waals surface area contributed by atoms with E-state index in [2.05, 4.69) is 91.5 Å². The van der Waals surface area contributed by atoms with Gasteiger partial charge in [0.1, 0.15) is 48.8 Å². The molecule has 1 aromatic carbocycles. The van der Waals surface area contributed by atoms with E-state index in [1.54, 1.807) is 45.0 Å². The number of piperidine rings is 1. The van der Waals surface area contributed by atoms with Crippen molar-refractivity contribution in [1.82, 2.24) is 40.7 Å². The van der Waals surface area contributed by atoms with Crippen LogP contribution in [0, 0.1) is 23.2 Å². The van der Waals surface area contributed by atoms with E-state index in [9.17, 15) is 43.8 Å². The van der Waals surface area contributed by atoms with Gasteiger partial charge in [0, 0.05) is 40.2 Å². The molecule has 3 aliphatic heterocycles. The van der Waals surface area contributed by atoms with Crippen molar-refractivity contribution >= 4 is 86.7 Å². The lowest BCUT2D eigenvalue weighted by atomic mass is 9.91. The SMILES string of the molecule is C=CC(CCCC)c1cc2ncnc(N[C@H]3O[C@@H](C)[C@H](NC(=O)[C@H]4CCCN4C(=O)OCc4ccc(NC(=O)[C@H](C)NC(=O)[C@@H](NC(=O)CCN5C(=O)C6C(C)(I)C6(CCCC(C)CC)C5=O)C(C)C)cc4)[C@@H](O)[C@@H]3O)c2[nH]1. The molecule has 7 rings (SSSR count). The molecule has 3 aromatic rings. The van der Waals surface area contributed by atoms with Crippen molar-refractivity contribution in [2.75, 3.05) is 23.7 Å². The van der Waals surface area contributed by atoms with E-state index in [-0.39, 0.29) is 49.8 Å². The summed E-state index contributed by atoms with van der Waals surface area (Å²) in [5.74, 6) is -2.36. The monoisotopic (exact) mass is 1190 g/mol. The Balaban J connectivity index is 0.839. The first kappa shape index (κ1) is 59.9. The van der Waals surface area contributed by atoms with Crippen LogP contribution in [0.3, 0.4) is 0 Å². The number of aliphatic hydroxyl groups is 2. The molecule has 1 saturated carbocycles. The highest BCUT2D eigenvalue weighted by atomic mass is 127. The Labute approximate surface area is 470 Å². The molecule has 1 aliphatic carbocycles. The normalized spacial score (nSPS) is 27.2. The molecule has 0 spiro atoms. The van der Waals surface area contributed by atoms with Gasteiger partial charge in [-0.3, -0.25) is 38.6 Å². The van der Waals surface area contributed by atoms with Gasteiger partial charge in [0.25, 0.3) is 0 Å². The van der Waals surface area contributed by atoms with Gasteiger partial charge < -0.3 is 51.3 Å². The second-order valence-corrected chi connectivity index (χ2v) is 24.4. The summed E-state index contributed by atoms with van der Waals surface area (Å²) in [6.07, 6.45) is 5.02. The lowest BCUT2D eigenvalue weighted by Gasteiger charge is -2.42. The second kappa shape index (κ2) is 25.6. The van der Waals surface area contributed by atoms with Crippen molar-refractivity contribution in [3.63, 3.8) is 0 Å². The van der Waals surface area contributed by atoms with E-state index in [0.29, 0.717) is 53.3 Å². The number of rotatable bonds is 25. The molecule has 8 N–H and O–H groups in total. The average molecular weight is 1200 g/mol. The number of allylic oxidation sites excluding steroid dienone is 1. The summed E-state index contributed by atoms with van der Waals surface area (Å²) in [5, 5.41) is 36.6. The van der Waals surface area contributed by atoms with E-state index in [1.165, 1.54) is 23.1 Å². The quantitative estimate of drug-likeness (QED) is 0.0211. The lowest BCUT2D eigenvalue weighted by Crippen LogP contribution is -2.65. The topological polar surface area (TPSA) is 287 Å². The lowest BCUT2D eigenvalue weighted by molar-refractivity contribution is -0.173. The molecule has 13 atom stereocenters. The molecular weight excluding hydrogens is 1120 g/mol. The zero-order valence-corrected chi connectivity index (χ0v) is 48.3. The molecular formula is C56H79IN10O11. The molecule has 5 unspecified atom stereocenters. The second-order valence-electron chi connectivity index (χ2n) is 22.2. The van der Waals surface area contributed by atoms with Crippen LogP contribution < -0.4 is 26.6 Å². The Bertz CT molecular complexity index is 2680. The highest BCUT2D eigenvalue weighted by molar-refractivity contribution is 14.1. The highest BCUT2D eigenvalue weighted by Crippen LogP contribution is 2.74. The zero-order valence-electron chi connectivity index (χ0n) is 46.1. The fourth-order valence-electron chi connectivity index (χ4n) is 11.2. The largest absolute Gasteiger partial charge is 0.445 e. The summed E-state index contributed by atoms with van der Waals surface area (Å²) in [6, 6.07) is 4.56. The van der Waals surface area contributed by atoms with Gasteiger partial charge in [0.15, 0.2) is 12.0 Å². The number of hydrogen-bond acceptors (Lipinski definition) is 14. The first-order valence-electron chi connectivity index (χ1n) is 27.6. The van der Waals surface area contributed by atoms with Gasteiger partial charge >= 0.3 is 6.09 Å². The summed E-state index contributed by atoms with van der Waals surface area (Å²) >= 11 is 2.24. The van der Waals surface area contributed by atoms with Crippen molar-refractivity contribution < 1.29 is 53.2 Å². The summed E-state index contributed by atoms with van der Waals surface area (Å²) < 4.78 is 11.3. The number of hydrogen-bond donors (Lipinski definition) is 8. The Morgan fingerprint density at radius 3 is 2.42 bits per heavy atom. The minimum absolute atomic E-state index is 0.0798. The zero-order chi connectivity index (χ0) is 56.8. The number of amides is 7. The molecule has 4 aliphatic rings. The number of H-pyrrole nitrogens is 1. The van der Waals surface area contributed by atoms with Crippen LogP contribution >= 0.6 is 22.6 Å². The van der Waals surface area contributed by atoms with Crippen LogP contribution in [0.1, 0.15) is 137 Å². The number of aliphatic hydroxyl groups excluding tert-OH is 2. The predicted octanol–water partition coefficient (Wildman–Crippen LogP) is 5.95. The first-order chi connectivity index (χ1) is 37.1. The van der Waals surface area contributed by atoms with Crippen molar-refractivity contribution in [2.24, 2.45) is 23.2 Å². The molecule has 2 aromatic heterocycles. The van der Waals surface area contributed by atoms with Gasteiger partial charge in [-0.25, -0.2) is 14.8 Å². The van der Waals surface area contributed by atoms with Crippen LogP contribution in [0.25, 0.3) is 11.0 Å². The molecule has 21 nitrogen and oxygen atoms in total.